The monoisotopic (exact) mass is 288 g/mol. The molecule has 1 atom stereocenters. The lowest BCUT2D eigenvalue weighted by molar-refractivity contribution is 0.734. The summed E-state index contributed by atoms with van der Waals surface area (Å²) in [5.41, 5.74) is 10.5. The average molecular weight is 289 g/mol. The summed E-state index contributed by atoms with van der Waals surface area (Å²) in [7, 11) is 2.09. The SMILES string of the molecule is Cc1ccc(CN)c(N(C)C(C)c2ccccc2Cl)c1. The molecule has 2 aromatic rings. The maximum absolute atomic E-state index is 6.30. The second-order valence-electron chi connectivity index (χ2n) is 5.14. The van der Waals surface area contributed by atoms with Crippen LogP contribution in [0.1, 0.15) is 29.7 Å². The summed E-state index contributed by atoms with van der Waals surface area (Å²) in [5.74, 6) is 0. The minimum absolute atomic E-state index is 0.191. The number of nitrogens with zero attached hydrogens (tertiary/aromatic N) is 1. The van der Waals surface area contributed by atoms with E-state index in [1.165, 1.54) is 11.3 Å². The topological polar surface area (TPSA) is 29.3 Å². The zero-order valence-electron chi connectivity index (χ0n) is 12.2. The van der Waals surface area contributed by atoms with Crippen LogP contribution in [0.15, 0.2) is 42.5 Å². The Morgan fingerprint density at radius 3 is 2.55 bits per heavy atom. The van der Waals surface area contributed by atoms with Gasteiger partial charge in [0.1, 0.15) is 0 Å². The van der Waals surface area contributed by atoms with Crippen LogP contribution in [-0.2, 0) is 6.54 Å². The Morgan fingerprint density at radius 1 is 1.20 bits per heavy atom. The first-order chi connectivity index (χ1) is 9.54. The van der Waals surface area contributed by atoms with Crippen LogP contribution in [0.2, 0.25) is 5.02 Å². The second-order valence-corrected chi connectivity index (χ2v) is 5.55. The molecular formula is C17H21ClN2. The Kier molecular flexibility index (Phi) is 4.69. The summed E-state index contributed by atoms with van der Waals surface area (Å²) < 4.78 is 0. The number of nitrogens with two attached hydrogens (primary N) is 1. The highest BCUT2D eigenvalue weighted by Crippen LogP contribution is 2.32. The van der Waals surface area contributed by atoms with Crippen molar-refractivity contribution >= 4 is 17.3 Å². The maximum Gasteiger partial charge on any atom is 0.0525 e. The number of hydrogen-bond donors (Lipinski definition) is 1. The molecule has 2 aromatic carbocycles. The third-order valence-corrected chi connectivity index (χ3v) is 4.12. The fraction of sp³-hybridized carbons (Fsp3) is 0.294. The van der Waals surface area contributed by atoms with Gasteiger partial charge in [0.25, 0.3) is 0 Å². The molecule has 0 heterocycles. The molecule has 0 aromatic heterocycles. The van der Waals surface area contributed by atoms with Crippen molar-refractivity contribution in [2.45, 2.75) is 26.4 Å². The molecule has 2 nitrogen and oxygen atoms in total. The lowest BCUT2D eigenvalue weighted by Crippen LogP contribution is -2.23. The predicted octanol–water partition coefficient (Wildman–Crippen LogP) is 4.30. The molecule has 3 heteroatoms. The van der Waals surface area contributed by atoms with Crippen molar-refractivity contribution in [3.63, 3.8) is 0 Å². The van der Waals surface area contributed by atoms with Crippen LogP contribution in [0.4, 0.5) is 5.69 Å². The van der Waals surface area contributed by atoms with E-state index in [0.717, 1.165) is 16.1 Å². The summed E-state index contributed by atoms with van der Waals surface area (Å²) in [6, 6.07) is 14.5. The molecule has 0 aliphatic rings. The smallest absolute Gasteiger partial charge is 0.0525 e. The van der Waals surface area contributed by atoms with E-state index in [1.54, 1.807) is 0 Å². The third kappa shape index (κ3) is 2.97. The molecule has 0 bridgehead atoms. The van der Waals surface area contributed by atoms with E-state index in [0.29, 0.717) is 6.54 Å². The molecule has 0 amide bonds. The number of benzene rings is 2. The molecule has 0 aliphatic heterocycles. The van der Waals surface area contributed by atoms with Gasteiger partial charge < -0.3 is 10.6 Å². The first-order valence-corrected chi connectivity index (χ1v) is 7.19. The lowest BCUT2D eigenvalue weighted by Gasteiger charge is -2.30. The Balaban J connectivity index is 2.38. The van der Waals surface area contributed by atoms with Crippen LogP contribution in [0.25, 0.3) is 0 Å². The summed E-state index contributed by atoms with van der Waals surface area (Å²) in [6.07, 6.45) is 0. The van der Waals surface area contributed by atoms with Crippen LogP contribution >= 0.6 is 11.6 Å². The van der Waals surface area contributed by atoms with E-state index in [4.69, 9.17) is 17.3 Å². The molecule has 0 radical (unpaired) electrons. The van der Waals surface area contributed by atoms with E-state index in [2.05, 4.69) is 50.1 Å². The van der Waals surface area contributed by atoms with Crippen molar-refractivity contribution in [1.29, 1.82) is 0 Å². The van der Waals surface area contributed by atoms with E-state index in [-0.39, 0.29) is 6.04 Å². The van der Waals surface area contributed by atoms with E-state index < -0.39 is 0 Å². The van der Waals surface area contributed by atoms with Gasteiger partial charge in [-0.05, 0) is 42.7 Å². The van der Waals surface area contributed by atoms with Gasteiger partial charge in [-0.25, -0.2) is 0 Å². The molecule has 0 saturated carbocycles. The normalized spacial score (nSPS) is 12.2. The van der Waals surface area contributed by atoms with Gasteiger partial charge in [-0.1, -0.05) is 41.9 Å². The van der Waals surface area contributed by atoms with Gasteiger partial charge in [-0.15, -0.1) is 0 Å². The van der Waals surface area contributed by atoms with Gasteiger partial charge in [-0.3, -0.25) is 0 Å². The molecule has 106 valence electrons. The van der Waals surface area contributed by atoms with Crippen LogP contribution in [0.3, 0.4) is 0 Å². The molecule has 2 rings (SSSR count). The van der Waals surface area contributed by atoms with E-state index >= 15 is 0 Å². The standard InChI is InChI=1S/C17H21ClN2/c1-12-8-9-14(11-19)17(10-12)20(3)13(2)15-6-4-5-7-16(15)18/h4-10,13H,11,19H2,1-3H3. The Bertz CT molecular complexity index is 595. The number of aryl methyl sites for hydroxylation is 1. The van der Waals surface area contributed by atoms with Crippen molar-refractivity contribution in [3.8, 4) is 0 Å². The molecule has 0 aliphatic carbocycles. The highest BCUT2D eigenvalue weighted by molar-refractivity contribution is 6.31. The van der Waals surface area contributed by atoms with Crippen molar-refractivity contribution in [1.82, 2.24) is 0 Å². The highest BCUT2D eigenvalue weighted by Gasteiger charge is 2.17. The molecule has 1 unspecified atom stereocenters. The van der Waals surface area contributed by atoms with Gasteiger partial charge in [0.05, 0.1) is 6.04 Å². The molecule has 0 fully saturated rings. The number of hydrogen-bond acceptors (Lipinski definition) is 2. The van der Waals surface area contributed by atoms with E-state index in [9.17, 15) is 0 Å². The Morgan fingerprint density at radius 2 is 1.90 bits per heavy atom. The quantitative estimate of drug-likeness (QED) is 0.908. The van der Waals surface area contributed by atoms with Crippen LogP contribution in [-0.4, -0.2) is 7.05 Å². The molecule has 0 spiro atoms. The fourth-order valence-corrected chi connectivity index (χ4v) is 2.70. The second kappa shape index (κ2) is 6.29. The first-order valence-electron chi connectivity index (χ1n) is 6.81. The van der Waals surface area contributed by atoms with Crippen LogP contribution in [0.5, 0.6) is 0 Å². The predicted molar refractivity (Wildman–Crippen MR) is 87.3 cm³/mol. The zero-order chi connectivity index (χ0) is 14.7. The molecule has 0 saturated heterocycles. The summed E-state index contributed by atoms with van der Waals surface area (Å²) >= 11 is 6.30. The molecular weight excluding hydrogens is 268 g/mol. The van der Waals surface area contributed by atoms with Crippen molar-refractivity contribution in [3.05, 3.63) is 64.2 Å². The number of anilines is 1. The summed E-state index contributed by atoms with van der Waals surface area (Å²) in [6.45, 7) is 4.79. The van der Waals surface area contributed by atoms with E-state index in [1.807, 2.05) is 18.2 Å². The van der Waals surface area contributed by atoms with Crippen molar-refractivity contribution in [2.24, 2.45) is 5.73 Å². The minimum Gasteiger partial charge on any atom is -0.368 e. The van der Waals surface area contributed by atoms with Gasteiger partial charge >= 0.3 is 0 Å². The van der Waals surface area contributed by atoms with Gasteiger partial charge in [0, 0.05) is 24.3 Å². The maximum atomic E-state index is 6.30. The minimum atomic E-state index is 0.191. The van der Waals surface area contributed by atoms with Gasteiger partial charge in [0.15, 0.2) is 0 Å². The first kappa shape index (κ1) is 14.9. The van der Waals surface area contributed by atoms with Crippen molar-refractivity contribution < 1.29 is 0 Å². The number of rotatable bonds is 4. The van der Waals surface area contributed by atoms with Gasteiger partial charge in [-0.2, -0.15) is 0 Å². The average Bonchev–Trinajstić information content (AvgIpc) is 2.46. The number of halogens is 1. The van der Waals surface area contributed by atoms with Crippen LogP contribution in [0, 0.1) is 6.92 Å². The Labute approximate surface area is 126 Å². The summed E-state index contributed by atoms with van der Waals surface area (Å²) in [5, 5.41) is 0.800. The fourth-order valence-electron chi connectivity index (χ4n) is 2.41. The molecule has 2 N–H and O–H groups in total. The Hall–Kier alpha value is -1.51. The summed E-state index contributed by atoms with van der Waals surface area (Å²) in [4.78, 5) is 2.23. The molecule has 20 heavy (non-hydrogen) atoms. The lowest BCUT2D eigenvalue weighted by atomic mass is 10.0. The largest absolute Gasteiger partial charge is 0.368 e. The zero-order valence-corrected chi connectivity index (χ0v) is 13.0. The van der Waals surface area contributed by atoms with Crippen molar-refractivity contribution in [2.75, 3.05) is 11.9 Å². The highest BCUT2D eigenvalue weighted by atomic mass is 35.5. The third-order valence-electron chi connectivity index (χ3n) is 3.78. The van der Waals surface area contributed by atoms with Gasteiger partial charge in [0.2, 0.25) is 0 Å². The van der Waals surface area contributed by atoms with Crippen LogP contribution < -0.4 is 10.6 Å².